The molecular formula is C100H84N6OPt-2. The third-order valence-electron chi connectivity index (χ3n) is 21.6. The summed E-state index contributed by atoms with van der Waals surface area (Å²) in [4.78, 5) is 5.54. The van der Waals surface area contributed by atoms with Gasteiger partial charge in [-0.05, 0) is 166 Å². The number of hydrogen-bond acceptors (Lipinski definition) is 2. The molecule has 0 unspecified atom stereocenters. The molecule has 7 nitrogen and oxygen atoms in total. The summed E-state index contributed by atoms with van der Waals surface area (Å²) in [6.07, 6.45) is 5.77. The van der Waals surface area contributed by atoms with Crippen LogP contribution in [0, 0.1) is 18.5 Å². The van der Waals surface area contributed by atoms with Gasteiger partial charge in [-0.3, -0.25) is 4.57 Å². The minimum Gasteiger partial charge on any atom is -0.510 e. The van der Waals surface area contributed by atoms with E-state index in [1.165, 1.54) is 66.1 Å². The first-order valence-corrected chi connectivity index (χ1v) is 37.3. The van der Waals surface area contributed by atoms with E-state index in [2.05, 4.69) is 391 Å². The summed E-state index contributed by atoms with van der Waals surface area (Å²) in [5.41, 5.74) is 26.4. The zero-order valence-electron chi connectivity index (χ0n) is 63.1. The molecule has 0 saturated carbocycles. The van der Waals surface area contributed by atoms with Crippen molar-refractivity contribution in [1.82, 2.24) is 23.3 Å². The van der Waals surface area contributed by atoms with Crippen LogP contribution in [-0.2, 0) is 42.7 Å². The molecular weight excluding hydrogens is 1500 g/mol. The van der Waals surface area contributed by atoms with Crippen molar-refractivity contribution in [2.75, 3.05) is 0 Å². The predicted molar refractivity (Wildman–Crippen MR) is 445 cm³/mol. The van der Waals surface area contributed by atoms with Gasteiger partial charge in [0.1, 0.15) is 5.82 Å². The van der Waals surface area contributed by atoms with E-state index in [-0.39, 0.29) is 42.7 Å². The summed E-state index contributed by atoms with van der Waals surface area (Å²) >= 11 is 0. The van der Waals surface area contributed by atoms with Gasteiger partial charge in [0.2, 0.25) is 0 Å². The SMILES string of the molecule is CC(C)(C)c1cc(-c2cc(-c3cc(C(C)(C)C)cc(C(C)(C)C)c3)cc(-c3ccc4c(c3)c3ccc(Oc5[c-]c(-n6[c-][n+](-c7ccccc7-c7ccccc7)c7ccccc76)ccc5)[c-]c3n4-c3ccc(-n4c5ccccc5c5cccc(-n6c7ccccc7c7ccccc76)c54)cn3)c2)cc(C(C)(C)C)c1.[Pt]. The predicted octanol–water partition coefficient (Wildman–Crippen LogP) is 25.6. The number of rotatable bonds is 11. The largest absolute Gasteiger partial charge is 0.510 e. The van der Waals surface area contributed by atoms with E-state index in [1.807, 2.05) is 24.4 Å². The maximum absolute atomic E-state index is 7.00. The molecule has 0 amide bonds. The first-order valence-electron chi connectivity index (χ1n) is 37.3. The van der Waals surface area contributed by atoms with Crippen LogP contribution in [0.5, 0.6) is 11.5 Å². The molecule has 18 rings (SSSR count). The van der Waals surface area contributed by atoms with Crippen molar-refractivity contribution in [3.05, 3.63) is 332 Å². The maximum Gasteiger partial charge on any atom is 0.268 e. The summed E-state index contributed by atoms with van der Waals surface area (Å²) in [7, 11) is 0. The Bertz CT molecular complexity index is 6360. The van der Waals surface area contributed by atoms with Gasteiger partial charge in [0.15, 0.2) is 0 Å². The smallest absolute Gasteiger partial charge is 0.268 e. The van der Waals surface area contributed by atoms with Crippen molar-refractivity contribution in [2.45, 2.75) is 105 Å². The molecule has 0 bridgehead atoms. The first-order chi connectivity index (χ1) is 51.6. The summed E-state index contributed by atoms with van der Waals surface area (Å²) in [5.74, 6) is 1.83. The Kier molecular flexibility index (Phi) is 17.0. The van der Waals surface area contributed by atoms with Crippen molar-refractivity contribution in [3.63, 3.8) is 0 Å². The molecule has 0 fully saturated rings. The van der Waals surface area contributed by atoms with Gasteiger partial charge in [-0.15, -0.1) is 29.7 Å². The van der Waals surface area contributed by atoms with Crippen molar-refractivity contribution in [1.29, 1.82) is 0 Å². The van der Waals surface area contributed by atoms with Gasteiger partial charge in [-0.2, -0.15) is 18.2 Å². The number of hydrogen-bond donors (Lipinski definition) is 0. The topological polar surface area (TPSA) is 45.7 Å². The number of aromatic nitrogens is 6. The van der Waals surface area contributed by atoms with Crippen LogP contribution in [0.1, 0.15) is 105 Å². The molecule has 0 aliphatic carbocycles. The van der Waals surface area contributed by atoms with Gasteiger partial charge in [0, 0.05) is 59.6 Å². The van der Waals surface area contributed by atoms with Gasteiger partial charge in [0.05, 0.1) is 56.4 Å². The minimum atomic E-state index is -0.0712. The summed E-state index contributed by atoms with van der Waals surface area (Å²) in [6, 6.07) is 111. The van der Waals surface area contributed by atoms with E-state index in [1.54, 1.807) is 0 Å². The second kappa shape index (κ2) is 26.4. The Morgan fingerprint density at radius 1 is 0.343 bits per heavy atom. The number of pyridine rings is 1. The zero-order chi connectivity index (χ0) is 73.4. The van der Waals surface area contributed by atoms with Crippen LogP contribution in [0.4, 0.5) is 0 Å². The van der Waals surface area contributed by atoms with Crippen LogP contribution in [0.3, 0.4) is 0 Å². The normalized spacial score (nSPS) is 12.4. The molecule has 0 atom stereocenters. The molecule has 532 valence electrons. The van der Waals surface area contributed by atoms with E-state index in [0.717, 1.165) is 106 Å². The van der Waals surface area contributed by atoms with Gasteiger partial charge < -0.3 is 23.0 Å². The van der Waals surface area contributed by atoms with E-state index in [9.17, 15) is 0 Å². The van der Waals surface area contributed by atoms with Crippen LogP contribution in [0.2, 0.25) is 0 Å². The van der Waals surface area contributed by atoms with Crippen molar-refractivity contribution >= 4 is 76.5 Å². The fourth-order valence-electron chi connectivity index (χ4n) is 15.8. The molecule has 108 heavy (non-hydrogen) atoms. The quantitative estimate of drug-likeness (QED) is 0.0957. The molecule has 0 aliphatic heterocycles. The molecule has 5 aromatic heterocycles. The third kappa shape index (κ3) is 12.2. The summed E-state index contributed by atoms with van der Waals surface area (Å²) in [5, 5.41) is 6.85. The Labute approximate surface area is 646 Å². The van der Waals surface area contributed by atoms with Crippen LogP contribution >= 0.6 is 0 Å². The van der Waals surface area contributed by atoms with Crippen molar-refractivity contribution in [3.8, 4) is 84.6 Å². The third-order valence-corrected chi connectivity index (χ3v) is 21.6. The Morgan fingerprint density at radius 2 is 0.843 bits per heavy atom. The van der Waals surface area contributed by atoms with Gasteiger partial charge in [-0.1, -0.05) is 277 Å². The summed E-state index contributed by atoms with van der Waals surface area (Å²) < 4.78 is 18.3. The van der Waals surface area contributed by atoms with Crippen LogP contribution in [0.15, 0.2) is 291 Å². The molecule has 13 aromatic carbocycles. The molecule has 0 spiro atoms. The number of nitrogens with zero attached hydrogens (tertiary/aromatic N) is 6. The van der Waals surface area contributed by atoms with E-state index in [0.29, 0.717) is 11.5 Å². The molecule has 0 N–H and O–H groups in total. The Morgan fingerprint density at radius 3 is 1.44 bits per heavy atom. The first kappa shape index (κ1) is 69.4. The number of para-hydroxylation sites is 7. The second-order valence-electron chi connectivity index (χ2n) is 33.0. The van der Waals surface area contributed by atoms with Crippen molar-refractivity contribution < 1.29 is 30.4 Å². The van der Waals surface area contributed by atoms with Crippen LogP contribution < -0.4 is 9.30 Å². The number of fused-ring (bicyclic) bond motifs is 10. The second-order valence-corrected chi connectivity index (χ2v) is 33.0. The Hall–Kier alpha value is -11.6. The molecule has 0 aliphatic rings. The minimum absolute atomic E-state index is 0. The average molecular weight is 1580 g/mol. The van der Waals surface area contributed by atoms with Crippen LogP contribution in [-0.4, -0.2) is 23.3 Å². The molecule has 0 saturated heterocycles. The number of ether oxygens (including phenoxy) is 1. The molecule has 8 heteroatoms. The van der Waals surface area contributed by atoms with E-state index < -0.39 is 0 Å². The number of imidazole rings is 1. The zero-order valence-corrected chi connectivity index (χ0v) is 65.4. The van der Waals surface area contributed by atoms with E-state index >= 15 is 0 Å². The average Bonchev–Trinajstić information content (AvgIpc) is 1.56. The molecule has 5 heterocycles. The standard InChI is InChI=1S/C100H84N6O.Pt/c1-97(2,3)71-53-69(54-72(58-71)98(4,5)6)67-50-66(51-68(52-67)70-55-73(99(7,8)9)59-74(56-70)100(10,11)12)65-44-48-90-85(57-65)83-47-46-78(107-77-31-26-30-75(60-77)102-63-103(92-42-25-24-41-91(92)102)86-37-20-16-32-79(86)64-28-14-13-15-29-64)61-94(83)106(90)95-49-45-76(62-101-95)104-87-38-21-19-35-82(87)84-36-27-43-93(96(84)104)105-88-39-22-17-33-80(88)81-34-18-23-40-89(81)105;/h13-59,62H,1-12H3;/q-2;. The number of benzene rings is 13. The maximum atomic E-state index is 7.00. The van der Waals surface area contributed by atoms with Gasteiger partial charge in [0.25, 0.3) is 6.33 Å². The fourth-order valence-corrected chi connectivity index (χ4v) is 15.8. The van der Waals surface area contributed by atoms with Gasteiger partial charge in [-0.25, -0.2) is 4.98 Å². The summed E-state index contributed by atoms with van der Waals surface area (Å²) in [6.45, 7) is 27.9. The molecule has 0 radical (unpaired) electrons. The fraction of sp³-hybridized carbons (Fsp3) is 0.160. The van der Waals surface area contributed by atoms with Crippen LogP contribution in [0.25, 0.3) is 150 Å². The van der Waals surface area contributed by atoms with Crippen molar-refractivity contribution in [2.24, 2.45) is 0 Å². The van der Waals surface area contributed by atoms with E-state index in [4.69, 9.17) is 9.72 Å². The molecule has 18 aromatic rings. The van der Waals surface area contributed by atoms with Gasteiger partial charge >= 0.3 is 0 Å². The monoisotopic (exact) mass is 1580 g/mol. The Balaban J connectivity index is 0.00000854.